The zero-order chi connectivity index (χ0) is 11.2. The number of fused-ring (bicyclic) bond motifs is 1. The Labute approximate surface area is 98.3 Å². The van der Waals surface area contributed by atoms with Crippen molar-refractivity contribution in [2.75, 3.05) is 13.1 Å². The number of nitrogens with one attached hydrogen (secondary N) is 1. The number of benzene rings is 1. The highest BCUT2D eigenvalue weighted by atomic mass is 15.0. The van der Waals surface area contributed by atoms with Crippen LogP contribution >= 0.6 is 0 Å². The fraction of sp³-hybridized carbons (Fsp3) is 0.600. The maximum atomic E-state index is 3.51. The van der Waals surface area contributed by atoms with E-state index in [0.717, 1.165) is 11.8 Å². The van der Waals surface area contributed by atoms with Gasteiger partial charge in [-0.25, -0.2) is 0 Å². The van der Waals surface area contributed by atoms with Crippen LogP contribution in [0.3, 0.4) is 0 Å². The molecule has 1 aliphatic heterocycles. The summed E-state index contributed by atoms with van der Waals surface area (Å²) in [6.07, 6.45) is 2.61. The summed E-state index contributed by atoms with van der Waals surface area (Å²) in [4.78, 5) is 0. The molecular formula is C15H21N. The molecule has 1 N–H and O–H groups in total. The smallest absolute Gasteiger partial charge is 0.0122 e. The SMILES string of the molecule is CC(C)Cc1ccc(C23CNCC2C3)cc1. The molecule has 86 valence electrons. The van der Waals surface area contributed by atoms with Crippen molar-refractivity contribution in [2.45, 2.75) is 32.1 Å². The standard InChI is InChI=1S/C15H21N/c1-11(2)7-12-3-5-13(6-4-12)15-8-14(15)9-16-10-15/h3-6,11,14,16H,7-10H2,1-2H3. The largest absolute Gasteiger partial charge is 0.316 e. The molecule has 1 aliphatic carbocycles. The molecule has 2 aliphatic rings. The molecule has 0 spiro atoms. The minimum Gasteiger partial charge on any atom is -0.316 e. The number of hydrogen-bond acceptors (Lipinski definition) is 1. The first kappa shape index (κ1) is 10.3. The molecule has 2 unspecified atom stereocenters. The summed E-state index contributed by atoms with van der Waals surface area (Å²) >= 11 is 0. The maximum absolute atomic E-state index is 3.51. The summed E-state index contributed by atoms with van der Waals surface area (Å²) < 4.78 is 0. The van der Waals surface area contributed by atoms with Gasteiger partial charge in [-0.1, -0.05) is 38.1 Å². The normalized spacial score (nSPS) is 31.8. The Kier molecular flexibility index (Phi) is 2.32. The van der Waals surface area contributed by atoms with Crippen LogP contribution in [0, 0.1) is 11.8 Å². The Hall–Kier alpha value is -0.820. The first-order valence-electron chi connectivity index (χ1n) is 6.51. The van der Waals surface area contributed by atoms with Crippen molar-refractivity contribution in [1.82, 2.24) is 5.32 Å². The van der Waals surface area contributed by atoms with E-state index in [1.807, 2.05) is 0 Å². The van der Waals surface area contributed by atoms with Crippen molar-refractivity contribution in [3.63, 3.8) is 0 Å². The lowest BCUT2D eigenvalue weighted by Crippen LogP contribution is -2.19. The Morgan fingerprint density at radius 1 is 1.31 bits per heavy atom. The van der Waals surface area contributed by atoms with Gasteiger partial charge in [0.2, 0.25) is 0 Å². The van der Waals surface area contributed by atoms with E-state index in [4.69, 9.17) is 0 Å². The second-order valence-electron chi connectivity index (χ2n) is 5.98. The molecule has 1 saturated heterocycles. The number of hydrogen-bond donors (Lipinski definition) is 1. The fourth-order valence-electron chi connectivity index (χ4n) is 3.23. The molecule has 0 radical (unpaired) electrons. The summed E-state index contributed by atoms with van der Waals surface area (Å²) in [5, 5.41) is 3.51. The van der Waals surface area contributed by atoms with Gasteiger partial charge in [0.1, 0.15) is 0 Å². The second-order valence-corrected chi connectivity index (χ2v) is 5.98. The van der Waals surface area contributed by atoms with Crippen molar-refractivity contribution in [1.29, 1.82) is 0 Å². The third-order valence-corrected chi connectivity index (χ3v) is 4.24. The molecule has 1 saturated carbocycles. The molecule has 1 aromatic carbocycles. The average molecular weight is 215 g/mol. The van der Waals surface area contributed by atoms with Crippen molar-refractivity contribution in [2.24, 2.45) is 11.8 Å². The first-order chi connectivity index (χ1) is 7.71. The Morgan fingerprint density at radius 3 is 2.56 bits per heavy atom. The van der Waals surface area contributed by atoms with Gasteiger partial charge in [0, 0.05) is 12.0 Å². The van der Waals surface area contributed by atoms with E-state index < -0.39 is 0 Å². The Balaban J connectivity index is 1.78. The molecule has 0 amide bonds. The van der Waals surface area contributed by atoms with Crippen molar-refractivity contribution in [3.8, 4) is 0 Å². The van der Waals surface area contributed by atoms with Gasteiger partial charge in [0.25, 0.3) is 0 Å². The summed E-state index contributed by atoms with van der Waals surface area (Å²) in [5.74, 6) is 1.68. The van der Waals surface area contributed by atoms with Crippen LogP contribution in [0.15, 0.2) is 24.3 Å². The summed E-state index contributed by atoms with van der Waals surface area (Å²) in [6.45, 7) is 6.99. The van der Waals surface area contributed by atoms with E-state index in [1.54, 1.807) is 5.56 Å². The predicted octanol–water partition coefficient (Wildman–Crippen LogP) is 2.75. The van der Waals surface area contributed by atoms with Gasteiger partial charge in [0.05, 0.1) is 0 Å². The van der Waals surface area contributed by atoms with Gasteiger partial charge in [-0.15, -0.1) is 0 Å². The maximum Gasteiger partial charge on any atom is 0.0122 e. The van der Waals surface area contributed by atoms with Gasteiger partial charge in [-0.05, 0) is 42.3 Å². The zero-order valence-electron chi connectivity index (χ0n) is 10.3. The third-order valence-electron chi connectivity index (χ3n) is 4.24. The molecule has 3 rings (SSSR count). The molecule has 0 bridgehead atoms. The minimum absolute atomic E-state index is 0.524. The third kappa shape index (κ3) is 1.58. The average Bonchev–Trinajstić information content (AvgIpc) is 2.82. The molecule has 16 heavy (non-hydrogen) atoms. The molecule has 2 atom stereocenters. The molecule has 1 aromatic rings. The van der Waals surface area contributed by atoms with Crippen LogP contribution < -0.4 is 5.32 Å². The second kappa shape index (κ2) is 3.59. The molecular weight excluding hydrogens is 194 g/mol. The number of rotatable bonds is 3. The zero-order valence-corrected chi connectivity index (χ0v) is 10.3. The van der Waals surface area contributed by atoms with Crippen LogP contribution in [0.2, 0.25) is 0 Å². The highest BCUT2D eigenvalue weighted by molar-refractivity contribution is 5.38. The Bertz CT molecular complexity index is 379. The highest BCUT2D eigenvalue weighted by Gasteiger charge is 2.57. The van der Waals surface area contributed by atoms with Gasteiger partial charge in [-0.2, -0.15) is 0 Å². The van der Waals surface area contributed by atoms with Gasteiger partial charge in [0.15, 0.2) is 0 Å². The van der Waals surface area contributed by atoms with E-state index >= 15 is 0 Å². The van der Waals surface area contributed by atoms with Crippen LogP contribution in [-0.2, 0) is 11.8 Å². The first-order valence-corrected chi connectivity index (χ1v) is 6.51. The van der Waals surface area contributed by atoms with Crippen LogP contribution in [0.25, 0.3) is 0 Å². The Morgan fingerprint density at radius 2 is 2.06 bits per heavy atom. The van der Waals surface area contributed by atoms with Crippen molar-refractivity contribution < 1.29 is 0 Å². The van der Waals surface area contributed by atoms with Gasteiger partial charge >= 0.3 is 0 Å². The number of piperidine rings is 1. The van der Waals surface area contributed by atoms with Crippen LogP contribution in [0.5, 0.6) is 0 Å². The molecule has 1 heteroatoms. The van der Waals surface area contributed by atoms with E-state index in [0.29, 0.717) is 5.41 Å². The van der Waals surface area contributed by atoms with Gasteiger partial charge in [-0.3, -0.25) is 0 Å². The lowest BCUT2D eigenvalue weighted by atomic mass is 9.93. The molecule has 2 fully saturated rings. The minimum atomic E-state index is 0.524. The van der Waals surface area contributed by atoms with Gasteiger partial charge < -0.3 is 5.32 Å². The van der Waals surface area contributed by atoms with E-state index in [9.17, 15) is 0 Å². The summed E-state index contributed by atoms with van der Waals surface area (Å²) in [7, 11) is 0. The lowest BCUT2D eigenvalue weighted by molar-refractivity contribution is 0.645. The lowest BCUT2D eigenvalue weighted by Gasteiger charge is -2.13. The molecule has 0 aromatic heterocycles. The van der Waals surface area contributed by atoms with Crippen molar-refractivity contribution >= 4 is 0 Å². The van der Waals surface area contributed by atoms with Crippen molar-refractivity contribution in [3.05, 3.63) is 35.4 Å². The fourth-order valence-corrected chi connectivity index (χ4v) is 3.23. The van der Waals surface area contributed by atoms with E-state index in [1.165, 1.54) is 31.5 Å². The van der Waals surface area contributed by atoms with E-state index in [-0.39, 0.29) is 0 Å². The molecule has 1 heterocycles. The van der Waals surface area contributed by atoms with Crippen LogP contribution in [0.1, 0.15) is 31.4 Å². The quantitative estimate of drug-likeness (QED) is 0.817. The van der Waals surface area contributed by atoms with Crippen LogP contribution in [-0.4, -0.2) is 13.1 Å². The summed E-state index contributed by atoms with van der Waals surface area (Å²) in [5.41, 5.74) is 3.57. The monoisotopic (exact) mass is 215 g/mol. The topological polar surface area (TPSA) is 12.0 Å². The molecule has 1 nitrogen and oxygen atoms in total. The highest BCUT2D eigenvalue weighted by Crippen LogP contribution is 2.56. The van der Waals surface area contributed by atoms with Crippen LogP contribution in [0.4, 0.5) is 0 Å². The predicted molar refractivity (Wildman–Crippen MR) is 67.6 cm³/mol. The van der Waals surface area contributed by atoms with E-state index in [2.05, 4.69) is 43.4 Å². The summed E-state index contributed by atoms with van der Waals surface area (Å²) in [6, 6.07) is 9.39.